The number of non-ortho nitro benzene ring substituents is 1. The number of pyridine rings is 1. The first-order valence-corrected chi connectivity index (χ1v) is 9.83. The fraction of sp³-hybridized carbons (Fsp3) is 0.125. The van der Waals surface area contributed by atoms with Crippen molar-refractivity contribution in [3.63, 3.8) is 0 Å². The highest BCUT2D eigenvalue weighted by Crippen LogP contribution is 2.26. The minimum absolute atomic E-state index is 0.164. The molecule has 0 spiro atoms. The van der Waals surface area contributed by atoms with Crippen LogP contribution in [0.3, 0.4) is 0 Å². The molecule has 3 rings (SSSR count). The number of nitrogens with zero attached hydrogens (tertiary/aromatic N) is 5. The fourth-order valence-corrected chi connectivity index (χ4v) is 4.24. The Kier molecular flexibility index (Phi) is 4.74. The molecule has 0 saturated heterocycles. The van der Waals surface area contributed by atoms with E-state index in [-0.39, 0.29) is 10.6 Å². The lowest BCUT2D eigenvalue weighted by molar-refractivity contribution is -0.575. The first-order valence-electron chi connectivity index (χ1n) is 7.60. The third-order valence-corrected chi connectivity index (χ3v) is 6.42. The normalized spacial score (nSPS) is 11.5. The van der Waals surface area contributed by atoms with Crippen molar-refractivity contribution in [1.29, 1.82) is 0 Å². The van der Waals surface area contributed by atoms with E-state index in [4.69, 9.17) is 0 Å². The van der Waals surface area contributed by atoms with Gasteiger partial charge in [0, 0.05) is 18.2 Å². The van der Waals surface area contributed by atoms with Gasteiger partial charge in [0.05, 0.1) is 23.2 Å². The zero-order chi connectivity index (χ0) is 19.9. The van der Waals surface area contributed by atoms with Crippen LogP contribution in [0.2, 0.25) is 0 Å². The Morgan fingerprint density at radius 2 is 2.00 bits per heavy atom. The lowest BCUT2D eigenvalue weighted by Gasteiger charge is -2.18. The Hall–Kier alpha value is -2.79. The molecule has 2 aromatic heterocycles. The summed E-state index contributed by atoms with van der Waals surface area (Å²) in [6.07, 6.45) is 3.22. The molecule has 11 heteroatoms. The van der Waals surface area contributed by atoms with Crippen molar-refractivity contribution in [2.45, 2.75) is 11.8 Å². The summed E-state index contributed by atoms with van der Waals surface area (Å²) >= 11 is 3.36. The Bertz CT molecular complexity index is 1190. The van der Waals surface area contributed by atoms with Gasteiger partial charge in [-0.3, -0.25) is 10.1 Å². The van der Waals surface area contributed by atoms with E-state index in [9.17, 15) is 18.5 Å². The number of hydrazine groups is 1. The van der Waals surface area contributed by atoms with E-state index in [1.54, 1.807) is 23.6 Å². The Balaban J connectivity index is 2.07. The number of aryl methyl sites for hydroxylation is 1. The van der Waals surface area contributed by atoms with Crippen LogP contribution in [0, 0.1) is 17.0 Å². The number of benzene rings is 1. The Morgan fingerprint density at radius 1 is 1.30 bits per heavy atom. The molecule has 0 saturated carbocycles. The quantitative estimate of drug-likeness (QED) is 0.256. The molecule has 0 aliphatic heterocycles. The zero-order valence-electron chi connectivity index (χ0n) is 14.4. The van der Waals surface area contributed by atoms with Gasteiger partial charge >= 0.3 is 5.82 Å². The van der Waals surface area contributed by atoms with Gasteiger partial charge in [-0.2, -0.15) is 12.8 Å². The maximum Gasteiger partial charge on any atom is 0.330 e. The summed E-state index contributed by atoms with van der Waals surface area (Å²) in [5, 5.41) is 11.0. The SMILES string of the molecule is C=[N+](c1cnc2ccc(Br)cn12)N(C)S(=O)(=O)c1cc([N+](=O)[O-])ccc1C. The molecular formula is C16H15BrN5O4S+. The standard InChI is InChI=1S/C16H15BrN5O4S/c1-11-4-6-13(22(23)24)8-14(11)27(25,26)20(3)19(2)16-9-18-15-7-5-12(17)10-21(15)16/h4-10H,2H2,1,3H3/q+1. The van der Waals surface area contributed by atoms with Crippen LogP contribution in [-0.2, 0) is 10.0 Å². The summed E-state index contributed by atoms with van der Waals surface area (Å²) < 4.78 is 30.6. The van der Waals surface area contributed by atoms with Crippen LogP contribution in [0.1, 0.15) is 5.56 Å². The number of sulfonamides is 1. The van der Waals surface area contributed by atoms with Crippen molar-refractivity contribution in [2.75, 3.05) is 7.05 Å². The Labute approximate surface area is 163 Å². The molecule has 0 bridgehead atoms. The van der Waals surface area contributed by atoms with Gasteiger partial charge in [0.1, 0.15) is 17.3 Å². The Morgan fingerprint density at radius 3 is 2.67 bits per heavy atom. The number of hydrazone groups is 1. The van der Waals surface area contributed by atoms with Crippen molar-refractivity contribution in [2.24, 2.45) is 0 Å². The van der Waals surface area contributed by atoms with Gasteiger partial charge in [-0.1, -0.05) is 6.07 Å². The molecule has 0 N–H and O–H groups in total. The van der Waals surface area contributed by atoms with Crippen molar-refractivity contribution >= 4 is 49.8 Å². The summed E-state index contributed by atoms with van der Waals surface area (Å²) in [7, 11) is -2.77. The minimum Gasteiger partial charge on any atom is -0.258 e. The number of rotatable bonds is 5. The summed E-state index contributed by atoms with van der Waals surface area (Å²) in [6.45, 7) is 5.38. The van der Waals surface area contributed by atoms with E-state index in [1.807, 2.05) is 6.07 Å². The molecule has 0 aliphatic rings. The molecular weight excluding hydrogens is 438 g/mol. The summed E-state index contributed by atoms with van der Waals surface area (Å²) in [5.41, 5.74) is 0.697. The topological polar surface area (TPSA) is 101 Å². The maximum atomic E-state index is 13.1. The third-order valence-electron chi connectivity index (χ3n) is 4.06. The molecule has 3 aromatic rings. The highest BCUT2D eigenvalue weighted by Gasteiger charge is 2.31. The van der Waals surface area contributed by atoms with Crippen LogP contribution < -0.4 is 0 Å². The number of aromatic nitrogens is 2. The predicted octanol–water partition coefficient (Wildman–Crippen LogP) is 2.89. The molecule has 140 valence electrons. The van der Waals surface area contributed by atoms with Gasteiger partial charge in [-0.05, 0) is 34.5 Å². The number of hydrogen-bond donors (Lipinski definition) is 0. The van der Waals surface area contributed by atoms with E-state index in [2.05, 4.69) is 27.6 Å². The summed E-state index contributed by atoms with van der Waals surface area (Å²) in [5.74, 6) is 0.403. The van der Waals surface area contributed by atoms with Gasteiger partial charge in [-0.15, -0.1) is 9.10 Å². The van der Waals surface area contributed by atoms with Crippen molar-refractivity contribution in [3.05, 3.63) is 62.9 Å². The molecule has 0 amide bonds. The largest absolute Gasteiger partial charge is 0.330 e. The first kappa shape index (κ1) is 19.0. The second-order valence-electron chi connectivity index (χ2n) is 5.74. The van der Waals surface area contributed by atoms with E-state index < -0.39 is 14.9 Å². The molecule has 0 radical (unpaired) electrons. The van der Waals surface area contributed by atoms with Gasteiger partial charge in [-0.25, -0.2) is 4.98 Å². The van der Waals surface area contributed by atoms with Crippen LogP contribution >= 0.6 is 15.9 Å². The molecule has 0 aliphatic carbocycles. The van der Waals surface area contributed by atoms with Crippen LogP contribution in [-0.4, -0.2) is 45.6 Å². The number of imidazole rings is 1. The monoisotopic (exact) mass is 452 g/mol. The number of nitro benzene ring substituents is 1. The maximum absolute atomic E-state index is 13.1. The zero-order valence-corrected chi connectivity index (χ0v) is 16.8. The van der Waals surface area contributed by atoms with Crippen LogP contribution in [0.25, 0.3) is 5.65 Å². The first-order chi connectivity index (χ1) is 12.6. The third kappa shape index (κ3) is 3.30. The number of hydrogen-bond acceptors (Lipinski definition) is 5. The molecule has 9 nitrogen and oxygen atoms in total. The smallest absolute Gasteiger partial charge is 0.258 e. The van der Waals surface area contributed by atoms with E-state index in [0.717, 1.165) is 15.0 Å². The van der Waals surface area contributed by atoms with Crippen molar-refractivity contribution < 1.29 is 18.0 Å². The summed E-state index contributed by atoms with van der Waals surface area (Å²) in [6, 6.07) is 7.28. The molecule has 0 atom stereocenters. The van der Waals surface area contributed by atoms with Gasteiger partial charge in [0.15, 0.2) is 0 Å². The molecule has 2 heterocycles. The van der Waals surface area contributed by atoms with Crippen molar-refractivity contribution in [1.82, 2.24) is 13.8 Å². The second kappa shape index (κ2) is 6.74. The predicted molar refractivity (Wildman–Crippen MR) is 103 cm³/mol. The van der Waals surface area contributed by atoms with Gasteiger partial charge in [0.25, 0.3) is 15.7 Å². The van der Waals surface area contributed by atoms with Crippen LogP contribution in [0.5, 0.6) is 0 Å². The average Bonchev–Trinajstić information content (AvgIpc) is 3.03. The van der Waals surface area contributed by atoms with E-state index in [0.29, 0.717) is 17.0 Å². The highest BCUT2D eigenvalue weighted by molar-refractivity contribution is 9.10. The lowest BCUT2D eigenvalue weighted by atomic mass is 10.2. The number of fused-ring (bicyclic) bond motifs is 1. The van der Waals surface area contributed by atoms with Crippen LogP contribution in [0.4, 0.5) is 11.5 Å². The fourth-order valence-electron chi connectivity index (χ4n) is 2.53. The highest BCUT2D eigenvalue weighted by atomic mass is 79.9. The number of nitro groups is 1. The average molecular weight is 453 g/mol. The molecule has 0 fully saturated rings. The van der Waals surface area contributed by atoms with Gasteiger partial charge < -0.3 is 0 Å². The molecule has 1 aromatic carbocycles. The molecule has 0 unspecified atom stereocenters. The van der Waals surface area contributed by atoms with Crippen LogP contribution in [0.15, 0.2) is 52.1 Å². The minimum atomic E-state index is -4.09. The molecule has 27 heavy (non-hydrogen) atoms. The van der Waals surface area contributed by atoms with E-state index >= 15 is 0 Å². The number of halogens is 1. The summed E-state index contributed by atoms with van der Waals surface area (Å²) in [4.78, 5) is 14.4. The van der Waals surface area contributed by atoms with E-state index in [1.165, 1.54) is 30.1 Å². The van der Waals surface area contributed by atoms with Crippen molar-refractivity contribution in [3.8, 4) is 0 Å². The lowest BCUT2D eigenvalue weighted by Crippen LogP contribution is -2.34. The van der Waals surface area contributed by atoms with Gasteiger partial charge in [0.2, 0.25) is 5.65 Å². The second-order valence-corrected chi connectivity index (χ2v) is 8.57.